The summed E-state index contributed by atoms with van der Waals surface area (Å²) in [6.07, 6.45) is 1.24. The van der Waals surface area contributed by atoms with Crippen molar-refractivity contribution in [2.75, 3.05) is 5.32 Å². The Morgan fingerprint density at radius 2 is 1.80 bits per heavy atom. The van der Waals surface area contributed by atoms with Gasteiger partial charge < -0.3 is 5.32 Å². The van der Waals surface area contributed by atoms with Gasteiger partial charge in [-0.15, -0.1) is 10.2 Å². The highest BCUT2D eigenvalue weighted by Gasteiger charge is 2.15. The van der Waals surface area contributed by atoms with E-state index in [0.29, 0.717) is 5.69 Å². The predicted octanol–water partition coefficient (Wildman–Crippen LogP) is 4.81. The van der Waals surface area contributed by atoms with Gasteiger partial charge in [-0.1, -0.05) is 41.1 Å². The van der Waals surface area contributed by atoms with Crippen molar-refractivity contribution in [1.82, 2.24) is 10.2 Å². The Bertz CT molecular complexity index is 944. The lowest BCUT2D eigenvalue weighted by Crippen LogP contribution is -2.11. The fourth-order valence-electron chi connectivity index (χ4n) is 1.94. The van der Waals surface area contributed by atoms with E-state index in [0.717, 1.165) is 29.5 Å². The second-order valence-corrected chi connectivity index (χ2v) is 6.28. The number of benzene rings is 2. The largest absolute Gasteiger partial charge is 0.320 e. The summed E-state index contributed by atoms with van der Waals surface area (Å²) in [6.45, 7) is 0. The first-order valence-corrected chi connectivity index (χ1v) is 8.25. The van der Waals surface area contributed by atoms with E-state index < -0.39 is 17.5 Å². The molecule has 0 aliphatic heterocycles. The van der Waals surface area contributed by atoms with Gasteiger partial charge in [0.2, 0.25) is 5.01 Å². The van der Waals surface area contributed by atoms with E-state index in [4.69, 9.17) is 11.6 Å². The number of nitrogens with zero attached hydrogens (tertiary/aromatic N) is 2. The highest BCUT2D eigenvalue weighted by atomic mass is 35.5. The van der Waals surface area contributed by atoms with Crippen molar-refractivity contribution in [3.8, 4) is 0 Å². The molecule has 1 aromatic heterocycles. The average molecular weight is 378 g/mol. The first kappa shape index (κ1) is 17.2. The molecular formula is C17H10ClF2N3OS. The van der Waals surface area contributed by atoms with E-state index in [2.05, 4.69) is 15.5 Å². The van der Waals surface area contributed by atoms with Crippen molar-refractivity contribution in [3.63, 3.8) is 0 Å². The molecule has 126 valence electrons. The third-order valence-electron chi connectivity index (χ3n) is 3.10. The number of aromatic nitrogens is 2. The van der Waals surface area contributed by atoms with Gasteiger partial charge in [0.25, 0.3) is 5.91 Å². The van der Waals surface area contributed by atoms with Crippen molar-refractivity contribution in [2.24, 2.45) is 0 Å². The molecule has 0 fully saturated rings. The van der Waals surface area contributed by atoms with Crippen molar-refractivity contribution >= 4 is 45.6 Å². The second kappa shape index (κ2) is 7.50. The zero-order chi connectivity index (χ0) is 17.8. The molecule has 0 aliphatic rings. The maximum atomic E-state index is 13.7. The Morgan fingerprint density at radius 3 is 2.56 bits per heavy atom. The Labute approximate surface area is 150 Å². The average Bonchev–Trinajstić information content (AvgIpc) is 3.09. The number of rotatable bonds is 4. The molecule has 0 saturated heterocycles. The van der Waals surface area contributed by atoms with Crippen LogP contribution in [0.25, 0.3) is 11.1 Å². The van der Waals surface area contributed by atoms with Gasteiger partial charge in [0, 0.05) is 11.3 Å². The van der Waals surface area contributed by atoms with Gasteiger partial charge in [0.1, 0.15) is 11.6 Å². The summed E-state index contributed by atoms with van der Waals surface area (Å²) in [5.74, 6) is -1.64. The molecule has 3 aromatic rings. The second-order valence-electron chi connectivity index (χ2n) is 4.89. The summed E-state index contributed by atoms with van der Waals surface area (Å²) >= 11 is 7.04. The summed E-state index contributed by atoms with van der Waals surface area (Å²) < 4.78 is 26.9. The Hall–Kier alpha value is -2.64. The molecule has 1 amide bonds. The van der Waals surface area contributed by atoms with Gasteiger partial charge in [-0.2, -0.15) is 0 Å². The van der Waals surface area contributed by atoms with Crippen molar-refractivity contribution < 1.29 is 13.6 Å². The van der Waals surface area contributed by atoms with Crippen LogP contribution in [0.3, 0.4) is 0 Å². The third-order valence-corrected chi connectivity index (χ3v) is 4.45. The van der Waals surface area contributed by atoms with Crippen LogP contribution in [0.4, 0.5) is 14.5 Å². The highest BCUT2D eigenvalue weighted by Crippen LogP contribution is 2.26. The number of amides is 1. The minimum Gasteiger partial charge on any atom is -0.320 e. The Balaban J connectivity index is 1.79. The van der Waals surface area contributed by atoms with Crippen LogP contribution in [0.1, 0.15) is 20.4 Å². The van der Waals surface area contributed by atoms with E-state index in [1.807, 2.05) is 6.07 Å². The third kappa shape index (κ3) is 4.26. The lowest BCUT2D eigenvalue weighted by atomic mass is 10.2. The topological polar surface area (TPSA) is 54.9 Å². The fraction of sp³-hybridized carbons (Fsp3) is 0. The number of hydrogen-bond acceptors (Lipinski definition) is 4. The number of halogens is 3. The summed E-state index contributed by atoms with van der Waals surface area (Å²) in [7, 11) is 0. The fourth-order valence-corrected chi connectivity index (χ4v) is 2.86. The molecule has 1 heterocycles. The number of hydrogen-bond donors (Lipinski definition) is 1. The molecular weight excluding hydrogens is 368 g/mol. The van der Waals surface area contributed by atoms with E-state index in [9.17, 15) is 13.6 Å². The van der Waals surface area contributed by atoms with Crippen LogP contribution in [0, 0.1) is 11.6 Å². The van der Waals surface area contributed by atoms with Gasteiger partial charge in [-0.3, -0.25) is 4.79 Å². The smallest absolute Gasteiger partial charge is 0.286 e. The zero-order valence-corrected chi connectivity index (χ0v) is 14.1. The monoisotopic (exact) mass is 377 g/mol. The maximum Gasteiger partial charge on any atom is 0.286 e. The molecule has 8 heteroatoms. The van der Waals surface area contributed by atoms with E-state index in [1.54, 1.807) is 24.3 Å². The van der Waals surface area contributed by atoms with Crippen LogP contribution in [-0.4, -0.2) is 16.1 Å². The Morgan fingerprint density at radius 1 is 1.08 bits per heavy atom. The van der Waals surface area contributed by atoms with Crippen molar-refractivity contribution in [2.45, 2.75) is 0 Å². The molecule has 0 aliphatic carbocycles. The molecule has 0 bridgehead atoms. The van der Waals surface area contributed by atoms with Gasteiger partial charge in [-0.05, 0) is 36.4 Å². The van der Waals surface area contributed by atoms with Crippen LogP contribution in [0.2, 0.25) is 0 Å². The summed E-state index contributed by atoms with van der Waals surface area (Å²) in [6, 6.07) is 11.9. The molecule has 3 rings (SSSR count). The van der Waals surface area contributed by atoms with Gasteiger partial charge >= 0.3 is 0 Å². The number of nitrogens with one attached hydrogen (secondary N) is 1. The molecule has 0 spiro atoms. The molecule has 0 saturated carbocycles. The van der Waals surface area contributed by atoms with Crippen LogP contribution < -0.4 is 5.32 Å². The summed E-state index contributed by atoms with van der Waals surface area (Å²) in [4.78, 5) is 12.1. The van der Waals surface area contributed by atoms with E-state index >= 15 is 0 Å². The van der Waals surface area contributed by atoms with E-state index in [1.165, 1.54) is 6.08 Å². The normalized spacial score (nSPS) is 11.4. The summed E-state index contributed by atoms with van der Waals surface area (Å²) in [5, 5.41) is 10.7. The number of carbonyl (C=O) groups excluding carboxylic acids is 1. The predicted molar refractivity (Wildman–Crippen MR) is 94.4 cm³/mol. The molecule has 0 unspecified atom stereocenters. The van der Waals surface area contributed by atoms with E-state index in [-0.39, 0.29) is 20.6 Å². The highest BCUT2D eigenvalue weighted by molar-refractivity contribution is 7.15. The Kier molecular flexibility index (Phi) is 5.16. The van der Waals surface area contributed by atoms with Crippen LogP contribution in [-0.2, 0) is 0 Å². The van der Waals surface area contributed by atoms with Gasteiger partial charge in [0.05, 0.1) is 5.03 Å². The molecule has 1 N–H and O–H groups in total. The zero-order valence-electron chi connectivity index (χ0n) is 12.5. The van der Waals surface area contributed by atoms with Gasteiger partial charge in [0.15, 0.2) is 5.01 Å². The van der Waals surface area contributed by atoms with Crippen LogP contribution >= 0.6 is 22.9 Å². The van der Waals surface area contributed by atoms with Crippen molar-refractivity contribution in [3.05, 3.63) is 75.7 Å². The minimum absolute atomic E-state index is 0.0181. The molecule has 0 radical (unpaired) electrons. The lowest BCUT2D eigenvalue weighted by Gasteiger charge is -2.00. The number of anilines is 1. The molecule has 0 atom stereocenters. The first-order chi connectivity index (χ1) is 12.0. The quantitative estimate of drug-likeness (QED) is 0.710. The summed E-state index contributed by atoms with van der Waals surface area (Å²) in [5.41, 5.74) is 0.600. The minimum atomic E-state index is -0.619. The van der Waals surface area contributed by atoms with Gasteiger partial charge in [-0.25, -0.2) is 8.78 Å². The maximum absolute atomic E-state index is 13.7. The standard InChI is InChI=1S/C17H10ClF2N3OS/c18-13(9-10-8-11(19)6-7-14(10)20)16-22-23-17(25-16)15(24)21-12-4-2-1-3-5-12/h1-9H,(H,21,24). The van der Waals surface area contributed by atoms with Crippen LogP contribution in [0.5, 0.6) is 0 Å². The molecule has 4 nitrogen and oxygen atoms in total. The first-order valence-electron chi connectivity index (χ1n) is 7.05. The number of para-hydroxylation sites is 1. The SMILES string of the molecule is O=C(Nc1ccccc1)c1nnc(C(Cl)=Cc2cc(F)ccc2F)s1. The molecule has 25 heavy (non-hydrogen) atoms. The van der Waals surface area contributed by atoms with Crippen LogP contribution in [0.15, 0.2) is 48.5 Å². The lowest BCUT2D eigenvalue weighted by molar-refractivity contribution is 0.102. The molecule has 2 aromatic carbocycles. The van der Waals surface area contributed by atoms with Crippen molar-refractivity contribution in [1.29, 1.82) is 0 Å². The number of carbonyl (C=O) groups is 1.